The molecule has 0 saturated heterocycles. The largest absolute Gasteiger partial charge is 0.318 e. The van der Waals surface area contributed by atoms with E-state index < -0.39 is 17.5 Å². The van der Waals surface area contributed by atoms with Crippen LogP contribution in [0.3, 0.4) is 0 Å². The number of carbonyl (C=O) groups is 1. The molecule has 2 rings (SSSR count). The number of benzene rings is 2. The Bertz CT molecular complexity index is 628. The molecular formula is C13H7BrClF2NO. The molecule has 0 aliphatic carbocycles. The molecule has 2 nitrogen and oxygen atoms in total. The van der Waals surface area contributed by atoms with Crippen LogP contribution >= 0.6 is 27.5 Å². The Kier molecular flexibility index (Phi) is 4.17. The van der Waals surface area contributed by atoms with Gasteiger partial charge in [-0.05, 0) is 46.3 Å². The van der Waals surface area contributed by atoms with Crippen molar-refractivity contribution in [1.82, 2.24) is 0 Å². The van der Waals surface area contributed by atoms with Crippen molar-refractivity contribution in [2.45, 2.75) is 0 Å². The molecule has 0 spiro atoms. The zero-order chi connectivity index (χ0) is 14.0. The second-order valence-corrected chi connectivity index (χ2v) is 4.97. The van der Waals surface area contributed by atoms with Crippen LogP contribution in [0.1, 0.15) is 10.4 Å². The molecule has 0 unspecified atom stereocenters. The van der Waals surface area contributed by atoms with E-state index in [1.54, 1.807) is 6.07 Å². The Labute approximate surface area is 121 Å². The molecule has 19 heavy (non-hydrogen) atoms. The van der Waals surface area contributed by atoms with Crippen LogP contribution in [0.4, 0.5) is 14.5 Å². The number of hydrogen-bond donors (Lipinski definition) is 1. The lowest BCUT2D eigenvalue weighted by molar-refractivity contribution is 0.102. The van der Waals surface area contributed by atoms with Gasteiger partial charge in [0.05, 0.1) is 11.3 Å². The van der Waals surface area contributed by atoms with Crippen LogP contribution in [-0.2, 0) is 0 Å². The highest BCUT2D eigenvalue weighted by Gasteiger charge is 2.15. The van der Waals surface area contributed by atoms with E-state index in [-0.39, 0.29) is 16.3 Å². The molecule has 1 amide bonds. The molecule has 0 fully saturated rings. The first-order chi connectivity index (χ1) is 8.99. The molecule has 2 aromatic carbocycles. The van der Waals surface area contributed by atoms with E-state index in [4.69, 9.17) is 11.6 Å². The number of para-hydroxylation sites is 1. The quantitative estimate of drug-likeness (QED) is 0.844. The molecule has 0 aliphatic heterocycles. The fraction of sp³-hybridized carbons (Fsp3) is 0. The topological polar surface area (TPSA) is 29.1 Å². The van der Waals surface area contributed by atoms with Crippen LogP contribution in [0.2, 0.25) is 5.02 Å². The highest BCUT2D eigenvalue weighted by Crippen LogP contribution is 2.26. The van der Waals surface area contributed by atoms with Crippen molar-refractivity contribution in [3.63, 3.8) is 0 Å². The van der Waals surface area contributed by atoms with Gasteiger partial charge >= 0.3 is 0 Å². The summed E-state index contributed by atoms with van der Waals surface area (Å²) in [5, 5.41) is 2.52. The van der Waals surface area contributed by atoms with Crippen molar-refractivity contribution >= 4 is 39.1 Å². The summed E-state index contributed by atoms with van der Waals surface area (Å²) in [4.78, 5) is 11.9. The van der Waals surface area contributed by atoms with Gasteiger partial charge in [0.15, 0.2) is 0 Å². The van der Waals surface area contributed by atoms with E-state index >= 15 is 0 Å². The third kappa shape index (κ3) is 3.11. The molecule has 0 radical (unpaired) electrons. The summed E-state index contributed by atoms with van der Waals surface area (Å²) in [7, 11) is 0. The first kappa shape index (κ1) is 14.0. The predicted molar refractivity (Wildman–Crippen MR) is 73.5 cm³/mol. The monoisotopic (exact) mass is 345 g/mol. The third-order valence-electron chi connectivity index (χ3n) is 2.37. The Morgan fingerprint density at radius 3 is 2.58 bits per heavy atom. The number of hydrogen-bond acceptors (Lipinski definition) is 1. The summed E-state index contributed by atoms with van der Waals surface area (Å²) < 4.78 is 27.4. The number of anilines is 1. The smallest absolute Gasteiger partial charge is 0.258 e. The third-order valence-corrected chi connectivity index (χ3v) is 3.27. The highest BCUT2D eigenvalue weighted by molar-refractivity contribution is 9.10. The standard InChI is InChI=1S/C13H7BrClF2NO/c14-9-2-1-3-11(17)12(9)18-13(19)8-6-7(15)4-5-10(8)16/h1-6H,(H,18,19). The van der Waals surface area contributed by atoms with Crippen LogP contribution in [0.15, 0.2) is 40.9 Å². The maximum atomic E-state index is 13.5. The normalized spacial score (nSPS) is 10.3. The summed E-state index contributed by atoms with van der Waals surface area (Å²) >= 11 is 8.80. The predicted octanol–water partition coefficient (Wildman–Crippen LogP) is 4.63. The van der Waals surface area contributed by atoms with E-state index in [2.05, 4.69) is 21.2 Å². The lowest BCUT2D eigenvalue weighted by Gasteiger charge is -2.09. The van der Waals surface area contributed by atoms with E-state index in [1.807, 2.05) is 0 Å². The van der Waals surface area contributed by atoms with Gasteiger partial charge in [-0.3, -0.25) is 4.79 Å². The molecule has 2 aromatic rings. The number of nitrogens with one attached hydrogen (secondary N) is 1. The maximum Gasteiger partial charge on any atom is 0.258 e. The van der Waals surface area contributed by atoms with Crippen molar-refractivity contribution < 1.29 is 13.6 Å². The molecular weight excluding hydrogens is 340 g/mol. The molecule has 6 heteroatoms. The van der Waals surface area contributed by atoms with Gasteiger partial charge in [0, 0.05) is 9.50 Å². The summed E-state index contributed by atoms with van der Waals surface area (Å²) in [6.07, 6.45) is 0. The summed E-state index contributed by atoms with van der Waals surface area (Å²) in [6.45, 7) is 0. The molecule has 0 bridgehead atoms. The summed E-state index contributed by atoms with van der Waals surface area (Å²) in [6, 6.07) is 7.82. The van der Waals surface area contributed by atoms with Crippen LogP contribution in [0.25, 0.3) is 0 Å². The molecule has 98 valence electrons. The first-order valence-corrected chi connectivity index (χ1v) is 6.36. The Balaban J connectivity index is 2.34. The minimum Gasteiger partial charge on any atom is -0.318 e. The van der Waals surface area contributed by atoms with Crippen LogP contribution < -0.4 is 5.32 Å². The minimum absolute atomic E-state index is 0.0492. The van der Waals surface area contributed by atoms with E-state index in [0.29, 0.717) is 4.47 Å². The highest BCUT2D eigenvalue weighted by atomic mass is 79.9. The second-order valence-electron chi connectivity index (χ2n) is 3.67. The molecule has 0 atom stereocenters. The van der Waals surface area contributed by atoms with Gasteiger partial charge in [0.1, 0.15) is 11.6 Å². The van der Waals surface area contributed by atoms with Gasteiger partial charge in [-0.1, -0.05) is 17.7 Å². The van der Waals surface area contributed by atoms with Gasteiger partial charge < -0.3 is 5.32 Å². The van der Waals surface area contributed by atoms with E-state index in [0.717, 1.165) is 6.07 Å². The average Bonchev–Trinajstić information content (AvgIpc) is 2.37. The van der Waals surface area contributed by atoms with Gasteiger partial charge in [-0.25, -0.2) is 8.78 Å². The maximum absolute atomic E-state index is 13.5. The molecule has 1 N–H and O–H groups in total. The van der Waals surface area contributed by atoms with Gasteiger partial charge in [0.2, 0.25) is 0 Å². The zero-order valence-electron chi connectivity index (χ0n) is 9.38. The van der Waals surface area contributed by atoms with Crippen molar-refractivity contribution in [2.24, 2.45) is 0 Å². The molecule has 0 aliphatic rings. The van der Waals surface area contributed by atoms with Gasteiger partial charge in [-0.2, -0.15) is 0 Å². The number of carbonyl (C=O) groups excluding carboxylic acids is 1. The number of amides is 1. The minimum atomic E-state index is -0.772. The number of rotatable bonds is 2. The summed E-state index contributed by atoms with van der Waals surface area (Å²) in [5.41, 5.74) is -0.297. The molecule has 0 heterocycles. The van der Waals surface area contributed by atoms with Crippen molar-refractivity contribution in [3.05, 3.63) is 63.1 Å². The Morgan fingerprint density at radius 2 is 1.89 bits per heavy atom. The average molecular weight is 347 g/mol. The Morgan fingerprint density at radius 1 is 1.16 bits per heavy atom. The molecule has 0 saturated carbocycles. The fourth-order valence-electron chi connectivity index (χ4n) is 1.47. The van der Waals surface area contributed by atoms with Crippen LogP contribution in [0, 0.1) is 11.6 Å². The molecule has 0 aromatic heterocycles. The summed E-state index contributed by atoms with van der Waals surface area (Å²) in [5.74, 6) is -2.12. The second kappa shape index (κ2) is 5.67. The van der Waals surface area contributed by atoms with Crippen molar-refractivity contribution in [1.29, 1.82) is 0 Å². The lowest BCUT2D eigenvalue weighted by atomic mass is 10.2. The SMILES string of the molecule is O=C(Nc1c(F)cccc1Br)c1cc(Cl)ccc1F. The van der Waals surface area contributed by atoms with Gasteiger partial charge in [-0.15, -0.1) is 0 Å². The number of halogens is 4. The first-order valence-electron chi connectivity index (χ1n) is 5.19. The van der Waals surface area contributed by atoms with Crippen LogP contribution in [-0.4, -0.2) is 5.91 Å². The van der Waals surface area contributed by atoms with Gasteiger partial charge in [0.25, 0.3) is 5.91 Å². The Hall–Kier alpha value is -1.46. The fourth-order valence-corrected chi connectivity index (χ4v) is 2.08. The van der Waals surface area contributed by atoms with E-state index in [1.165, 1.54) is 24.3 Å². The van der Waals surface area contributed by atoms with Crippen molar-refractivity contribution in [2.75, 3.05) is 5.32 Å². The van der Waals surface area contributed by atoms with E-state index in [9.17, 15) is 13.6 Å². The van der Waals surface area contributed by atoms with Crippen molar-refractivity contribution in [3.8, 4) is 0 Å². The lowest BCUT2D eigenvalue weighted by Crippen LogP contribution is -2.15. The zero-order valence-corrected chi connectivity index (χ0v) is 11.7. The van der Waals surface area contributed by atoms with Crippen LogP contribution in [0.5, 0.6) is 0 Å².